The lowest BCUT2D eigenvalue weighted by atomic mass is 10.1. The molecule has 0 atom stereocenters. The van der Waals surface area contributed by atoms with Crippen molar-refractivity contribution in [2.24, 2.45) is 0 Å². The molecule has 0 bridgehead atoms. The summed E-state index contributed by atoms with van der Waals surface area (Å²) in [5.41, 5.74) is 2.30. The number of nitrogens with one attached hydrogen (secondary N) is 1. The number of aryl methyl sites for hydroxylation is 1. The monoisotopic (exact) mass is 345 g/mol. The number of phenols is 1. The highest BCUT2D eigenvalue weighted by atomic mass is 35.5. The SMILES string of the molecule is COc1cc(Cl)c(C)cc1NCc1cc(Cl)cc(Cl)c1O. The summed E-state index contributed by atoms with van der Waals surface area (Å²) in [6.07, 6.45) is 0. The van der Waals surface area contributed by atoms with Crippen LogP contribution < -0.4 is 10.1 Å². The van der Waals surface area contributed by atoms with Gasteiger partial charge in [-0.1, -0.05) is 34.8 Å². The summed E-state index contributed by atoms with van der Waals surface area (Å²) >= 11 is 17.9. The molecule has 2 aromatic rings. The molecule has 0 aliphatic carbocycles. The second kappa shape index (κ2) is 6.65. The first-order chi connectivity index (χ1) is 9.92. The molecule has 2 N–H and O–H groups in total. The molecule has 0 aliphatic heterocycles. The van der Waals surface area contributed by atoms with Crippen LogP contribution in [-0.2, 0) is 6.54 Å². The number of aromatic hydroxyl groups is 1. The van der Waals surface area contributed by atoms with Gasteiger partial charge in [0, 0.05) is 28.2 Å². The zero-order chi connectivity index (χ0) is 15.6. The number of hydrogen-bond donors (Lipinski definition) is 2. The van der Waals surface area contributed by atoms with Crippen molar-refractivity contribution in [3.05, 3.63) is 50.5 Å². The van der Waals surface area contributed by atoms with Crippen LogP contribution in [0.5, 0.6) is 11.5 Å². The Hall–Kier alpha value is -1.29. The first kappa shape index (κ1) is 16.1. The molecule has 6 heteroatoms. The third kappa shape index (κ3) is 3.67. The van der Waals surface area contributed by atoms with Crippen molar-refractivity contribution in [3.8, 4) is 11.5 Å². The summed E-state index contributed by atoms with van der Waals surface area (Å²) in [6, 6.07) is 6.77. The lowest BCUT2D eigenvalue weighted by Gasteiger charge is -2.14. The van der Waals surface area contributed by atoms with Crippen molar-refractivity contribution in [1.82, 2.24) is 0 Å². The second-order valence-electron chi connectivity index (χ2n) is 4.55. The lowest BCUT2D eigenvalue weighted by molar-refractivity contribution is 0.416. The molecule has 0 aliphatic rings. The molecule has 0 saturated carbocycles. The third-order valence-electron chi connectivity index (χ3n) is 3.06. The van der Waals surface area contributed by atoms with Gasteiger partial charge >= 0.3 is 0 Å². The van der Waals surface area contributed by atoms with Crippen LogP contribution in [0.1, 0.15) is 11.1 Å². The molecule has 0 spiro atoms. The van der Waals surface area contributed by atoms with E-state index in [-0.39, 0.29) is 10.8 Å². The van der Waals surface area contributed by atoms with Crippen LogP contribution in [0, 0.1) is 6.92 Å². The maximum Gasteiger partial charge on any atom is 0.143 e. The predicted molar refractivity (Wildman–Crippen MR) is 88.2 cm³/mol. The summed E-state index contributed by atoms with van der Waals surface area (Å²) in [6.45, 7) is 2.25. The summed E-state index contributed by atoms with van der Waals surface area (Å²) < 4.78 is 5.29. The van der Waals surface area contributed by atoms with Crippen LogP contribution in [0.4, 0.5) is 5.69 Å². The number of ether oxygens (including phenoxy) is 1. The van der Waals surface area contributed by atoms with Gasteiger partial charge in [-0.15, -0.1) is 0 Å². The molecule has 0 unspecified atom stereocenters. The van der Waals surface area contributed by atoms with Gasteiger partial charge in [-0.05, 0) is 30.7 Å². The van der Waals surface area contributed by atoms with Crippen LogP contribution in [0.3, 0.4) is 0 Å². The van der Waals surface area contributed by atoms with E-state index in [1.807, 2.05) is 13.0 Å². The average molecular weight is 347 g/mol. The molecule has 112 valence electrons. The van der Waals surface area contributed by atoms with Crippen LogP contribution in [0.25, 0.3) is 0 Å². The number of methoxy groups -OCH3 is 1. The van der Waals surface area contributed by atoms with E-state index in [0.29, 0.717) is 27.9 Å². The number of benzene rings is 2. The zero-order valence-corrected chi connectivity index (χ0v) is 13.8. The van der Waals surface area contributed by atoms with E-state index in [4.69, 9.17) is 39.5 Å². The Morgan fingerprint density at radius 2 is 1.81 bits per heavy atom. The summed E-state index contributed by atoms with van der Waals surface area (Å²) in [5, 5.41) is 14.4. The van der Waals surface area contributed by atoms with Gasteiger partial charge in [0.05, 0.1) is 17.8 Å². The molecule has 0 saturated heterocycles. The number of anilines is 1. The van der Waals surface area contributed by atoms with E-state index >= 15 is 0 Å². The largest absolute Gasteiger partial charge is 0.506 e. The van der Waals surface area contributed by atoms with E-state index in [0.717, 1.165) is 11.3 Å². The second-order valence-corrected chi connectivity index (χ2v) is 5.80. The molecule has 3 nitrogen and oxygen atoms in total. The van der Waals surface area contributed by atoms with Crippen LogP contribution in [0.15, 0.2) is 24.3 Å². The Labute approximate surface area is 138 Å². The van der Waals surface area contributed by atoms with Crippen molar-refractivity contribution >= 4 is 40.5 Å². The fraction of sp³-hybridized carbons (Fsp3) is 0.200. The van der Waals surface area contributed by atoms with Gasteiger partial charge in [0.25, 0.3) is 0 Å². The van der Waals surface area contributed by atoms with Gasteiger partial charge in [0.15, 0.2) is 0 Å². The van der Waals surface area contributed by atoms with Gasteiger partial charge in [0.1, 0.15) is 11.5 Å². The molecule has 0 aromatic heterocycles. The Kier molecular flexibility index (Phi) is 5.09. The maximum absolute atomic E-state index is 9.94. The van der Waals surface area contributed by atoms with Crippen LogP contribution >= 0.6 is 34.8 Å². The van der Waals surface area contributed by atoms with Gasteiger partial charge < -0.3 is 15.2 Å². The average Bonchev–Trinajstić information content (AvgIpc) is 2.44. The molecule has 0 heterocycles. The van der Waals surface area contributed by atoms with Crippen LogP contribution in [-0.4, -0.2) is 12.2 Å². The molecular formula is C15H14Cl3NO2. The minimum Gasteiger partial charge on any atom is -0.506 e. The van der Waals surface area contributed by atoms with Crippen molar-refractivity contribution in [2.45, 2.75) is 13.5 Å². The van der Waals surface area contributed by atoms with Crippen molar-refractivity contribution in [2.75, 3.05) is 12.4 Å². The van der Waals surface area contributed by atoms with Crippen molar-refractivity contribution < 1.29 is 9.84 Å². The minimum absolute atomic E-state index is 0.0122. The lowest BCUT2D eigenvalue weighted by Crippen LogP contribution is -2.02. The van der Waals surface area contributed by atoms with E-state index < -0.39 is 0 Å². The molecule has 2 aromatic carbocycles. The predicted octanol–water partition coefficient (Wildman–Crippen LogP) is 5.28. The summed E-state index contributed by atoms with van der Waals surface area (Å²) in [7, 11) is 1.57. The molecule has 0 fully saturated rings. The van der Waals surface area contributed by atoms with E-state index in [1.54, 1.807) is 19.2 Å². The fourth-order valence-electron chi connectivity index (χ4n) is 1.91. The van der Waals surface area contributed by atoms with E-state index in [2.05, 4.69) is 5.32 Å². The standard InChI is InChI=1S/C15H14Cl3NO2/c1-8-3-13(14(21-2)6-11(8)17)19-7-9-4-10(16)5-12(18)15(9)20/h3-6,19-20H,7H2,1-2H3. The Balaban J connectivity index is 2.26. The minimum atomic E-state index is 0.0122. The number of rotatable bonds is 4. The highest BCUT2D eigenvalue weighted by Gasteiger charge is 2.10. The molecule has 0 amide bonds. The summed E-state index contributed by atoms with van der Waals surface area (Å²) in [5.74, 6) is 0.636. The van der Waals surface area contributed by atoms with Crippen molar-refractivity contribution in [1.29, 1.82) is 0 Å². The van der Waals surface area contributed by atoms with E-state index in [9.17, 15) is 5.11 Å². The smallest absolute Gasteiger partial charge is 0.143 e. The van der Waals surface area contributed by atoms with Gasteiger partial charge in [-0.2, -0.15) is 0 Å². The maximum atomic E-state index is 9.94. The quantitative estimate of drug-likeness (QED) is 0.791. The highest BCUT2D eigenvalue weighted by Crippen LogP contribution is 2.34. The Morgan fingerprint density at radius 1 is 1.10 bits per heavy atom. The normalized spacial score (nSPS) is 10.5. The summed E-state index contributed by atoms with van der Waals surface area (Å²) in [4.78, 5) is 0. The first-order valence-electron chi connectivity index (χ1n) is 6.17. The molecule has 21 heavy (non-hydrogen) atoms. The fourth-order valence-corrected chi connectivity index (χ4v) is 2.60. The molecule has 2 rings (SSSR count). The number of phenolic OH excluding ortho intramolecular Hbond substituents is 1. The van der Waals surface area contributed by atoms with Crippen LogP contribution in [0.2, 0.25) is 15.1 Å². The van der Waals surface area contributed by atoms with Gasteiger partial charge in [-0.3, -0.25) is 0 Å². The number of halogens is 3. The van der Waals surface area contributed by atoms with Gasteiger partial charge in [0.2, 0.25) is 0 Å². The van der Waals surface area contributed by atoms with Gasteiger partial charge in [-0.25, -0.2) is 0 Å². The third-order valence-corrected chi connectivity index (χ3v) is 3.97. The van der Waals surface area contributed by atoms with Crippen molar-refractivity contribution in [3.63, 3.8) is 0 Å². The molecule has 0 radical (unpaired) electrons. The zero-order valence-electron chi connectivity index (χ0n) is 11.5. The Bertz CT molecular complexity index is 674. The topological polar surface area (TPSA) is 41.5 Å². The Morgan fingerprint density at radius 3 is 2.48 bits per heavy atom. The highest BCUT2D eigenvalue weighted by molar-refractivity contribution is 6.35. The molecular weight excluding hydrogens is 333 g/mol. The first-order valence-corrected chi connectivity index (χ1v) is 7.30. The van der Waals surface area contributed by atoms with E-state index in [1.165, 1.54) is 6.07 Å². The number of hydrogen-bond acceptors (Lipinski definition) is 3.